The largest absolute Gasteiger partial charge is 0.508 e. The number of aromatic nitrogens is 1. The van der Waals surface area contributed by atoms with Crippen LogP contribution < -0.4 is 5.56 Å². The predicted molar refractivity (Wildman–Crippen MR) is 121 cm³/mol. The van der Waals surface area contributed by atoms with E-state index in [4.69, 9.17) is 16.4 Å². The highest BCUT2D eigenvalue weighted by atomic mass is 35.5. The van der Waals surface area contributed by atoms with Gasteiger partial charge in [0.2, 0.25) is 0 Å². The average Bonchev–Trinajstić information content (AvgIpc) is 2.87. The van der Waals surface area contributed by atoms with E-state index < -0.39 is 5.56 Å². The van der Waals surface area contributed by atoms with E-state index in [1.807, 2.05) is 6.08 Å². The summed E-state index contributed by atoms with van der Waals surface area (Å²) in [5.41, 5.74) is 2.16. The summed E-state index contributed by atoms with van der Waals surface area (Å²) in [6.07, 6.45) is 5.27. The minimum atomic E-state index is -0.422. The molecule has 1 aromatic heterocycles. The van der Waals surface area contributed by atoms with Crippen LogP contribution in [0, 0.1) is 0 Å². The summed E-state index contributed by atoms with van der Waals surface area (Å²) in [6.45, 7) is 8.75. The van der Waals surface area contributed by atoms with Crippen LogP contribution in [0.1, 0.15) is 38.3 Å². The van der Waals surface area contributed by atoms with E-state index in [-0.39, 0.29) is 28.4 Å². The number of oxime groups is 1. The number of ketones is 1. The molecule has 7 heteroatoms. The maximum Gasteiger partial charge on any atom is 0.260 e. The molecule has 0 amide bonds. The van der Waals surface area contributed by atoms with E-state index >= 15 is 0 Å². The maximum absolute atomic E-state index is 13.0. The number of H-pyrrole nitrogens is 1. The van der Waals surface area contributed by atoms with Crippen LogP contribution in [-0.4, -0.2) is 21.6 Å². The van der Waals surface area contributed by atoms with Crippen molar-refractivity contribution in [3.63, 3.8) is 0 Å². The normalized spacial score (nSPS) is 13.7. The van der Waals surface area contributed by atoms with Crippen LogP contribution >= 0.6 is 11.6 Å². The predicted octanol–water partition coefficient (Wildman–Crippen LogP) is 5.31. The van der Waals surface area contributed by atoms with Crippen molar-refractivity contribution in [3.05, 3.63) is 80.8 Å². The molecule has 154 valence electrons. The van der Waals surface area contributed by atoms with Gasteiger partial charge in [0.05, 0.1) is 16.8 Å². The molecule has 0 spiro atoms. The fourth-order valence-electron chi connectivity index (χ4n) is 3.18. The van der Waals surface area contributed by atoms with Gasteiger partial charge >= 0.3 is 0 Å². The third-order valence-electron chi connectivity index (χ3n) is 4.49. The lowest BCUT2D eigenvalue weighted by atomic mass is 9.93. The van der Waals surface area contributed by atoms with Gasteiger partial charge in [-0.05, 0) is 63.1 Å². The number of halogens is 1. The quantitative estimate of drug-likeness (QED) is 0.386. The number of pyridine rings is 1. The second kappa shape index (κ2) is 8.55. The number of rotatable bonds is 5. The summed E-state index contributed by atoms with van der Waals surface area (Å²) in [6, 6.07) is 5.09. The smallest absolute Gasteiger partial charge is 0.260 e. The Hall–Kier alpha value is -3.38. The van der Waals surface area contributed by atoms with Gasteiger partial charge in [0.15, 0.2) is 11.5 Å². The molecule has 2 aromatic rings. The highest BCUT2D eigenvalue weighted by Gasteiger charge is 2.22. The zero-order valence-corrected chi connectivity index (χ0v) is 17.6. The number of nitrogens with zero attached hydrogens (tertiary/aromatic N) is 1. The van der Waals surface area contributed by atoms with E-state index in [1.165, 1.54) is 13.0 Å². The molecule has 30 heavy (non-hydrogen) atoms. The molecule has 0 unspecified atom stereocenters. The fraction of sp³-hybridized carbons (Fsp3) is 0.174. The fourth-order valence-corrected chi connectivity index (χ4v) is 3.35. The molecule has 1 aliphatic carbocycles. The van der Waals surface area contributed by atoms with Gasteiger partial charge in [-0.1, -0.05) is 29.4 Å². The van der Waals surface area contributed by atoms with Crippen LogP contribution in [0.25, 0.3) is 22.2 Å². The molecule has 1 aromatic carbocycles. The third-order valence-corrected chi connectivity index (χ3v) is 4.72. The first-order chi connectivity index (χ1) is 14.2. The minimum absolute atomic E-state index is 0.0504. The Kier molecular flexibility index (Phi) is 6.08. The van der Waals surface area contributed by atoms with Crippen LogP contribution in [0.4, 0.5) is 0 Å². The zero-order chi connectivity index (χ0) is 22.0. The molecular weight excluding hydrogens is 404 g/mol. The van der Waals surface area contributed by atoms with Crippen LogP contribution in [0.5, 0.6) is 0 Å². The van der Waals surface area contributed by atoms with Gasteiger partial charge in [-0.3, -0.25) is 9.59 Å². The van der Waals surface area contributed by atoms with Crippen molar-refractivity contribution in [1.29, 1.82) is 0 Å². The van der Waals surface area contributed by atoms with E-state index in [1.54, 1.807) is 38.1 Å². The number of hydrogen-bond acceptors (Lipinski definition) is 5. The summed E-state index contributed by atoms with van der Waals surface area (Å²) >= 11 is 6.23. The van der Waals surface area contributed by atoms with E-state index in [2.05, 4.69) is 16.7 Å². The second-order valence-corrected chi connectivity index (χ2v) is 7.48. The number of aliphatic hydroxyl groups is 1. The number of benzene rings is 1. The minimum Gasteiger partial charge on any atom is -0.508 e. The average molecular weight is 425 g/mol. The lowest BCUT2D eigenvalue weighted by Crippen LogP contribution is -2.16. The Morgan fingerprint density at radius 3 is 2.67 bits per heavy atom. The molecule has 0 atom stereocenters. The van der Waals surface area contributed by atoms with E-state index in [0.717, 1.165) is 0 Å². The summed E-state index contributed by atoms with van der Waals surface area (Å²) < 4.78 is 0. The van der Waals surface area contributed by atoms with Crippen molar-refractivity contribution in [3.8, 4) is 0 Å². The van der Waals surface area contributed by atoms with Crippen molar-refractivity contribution in [1.82, 2.24) is 4.98 Å². The molecule has 0 fully saturated rings. The molecule has 1 heterocycles. The number of allylic oxidation sites excluding steroid dienone is 5. The zero-order valence-electron chi connectivity index (χ0n) is 16.9. The standard InChI is InChI=1S/C23H21ClN2O4/c1-12(2)26-30-14(4)21-22(15-6-5-7-20(28)17(10-15)13(3)27)18-11-16(24)8-9-19(18)25-23(21)29/h6-11,28H,4-5H2,1-3H3,(H,25,29). The highest BCUT2D eigenvalue weighted by molar-refractivity contribution is 6.31. The van der Waals surface area contributed by atoms with Crippen LogP contribution in [0.2, 0.25) is 5.02 Å². The number of nitrogens with one attached hydrogen (secondary N) is 1. The molecule has 0 saturated carbocycles. The molecule has 0 bridgehead atoms. The van der Waals surface area contributed by atoms with Gasteiger partial charge in [-0.15, -0.1) is 0 Å². The highest BCUT2D eigenvalue weighted by Crippen LogP contribution is 2.34. The van der Waals surface area contributed by atoms with Crippen LogP contribution in [0.15, 0.2) is 64.3 Å². The molecule has 6 nitrogen and oxygen atoms in total. The number of carbonyl (C=O) groups is 1. The first kappa shape index (κ1) is 21.3. The van der Waals surface area contributed by atoms with Gasteiger partial charge in [-0.2, -0.15) is 0 Å². The lowest BCUT2D eigenvalue weighted by molar-refractivity contribution is -0.113. The van der Waals surface area contributed by atoms with Crippen LogP contribution in [-0.2, 0) is 9.63 Å². The molecular formula is C23H21ClN2O4. The van der Waals surface area contributed by atoms with Gasteiger partial charge in [0.25, 0.3) is 5.56 Å². The number of carbonyl (C=O) groups excluding carboxylic acids is 1. The number of hydrogen-bond donors (Lipinski definition) is 2. The van der Waals surface area contributed by atoms with Crippen molar-refractivity contribution in [2.45, 2.75) is 27.2 Å². The molecule has 1 aliphatic rings. The maximum atomic E-state index is 13.0. The molecule has 2 N–H and O–H groups in total. The number of aromatic amines is 1. The first-order valence-electron chi connectivity index (χ1n) is 9.24. The summed E-state index contributed by atoms with van der Waals surface area (Å²) in [5, 5.41) is 15.2. The Labute approximate surface area is 178 Å². The number of Topliss-reactive ketones (excluding diaryl/α,β-unsaturated/α-hetero) is 1. The monoisotopic (exact) mass is 424 g/mol. The van der Waals surface area contributed by atoms with Crippen molar-refractivity contribution >= 4 is 45.3 Å². The Morgan fingerprint density at radius 1 is 1.27 bits per heavy atom. The van der Waals surface area contributed by atoms with Gasteiger partial charge < -0.3 is 14.9 Å². The molecule has 3 rings (SSSR count). The molecule has 0 aliphatic heterocycles. The van der Waals surface area contributed by atoms with Crippen LogP contribution in [0.3, 0.4) is 0 Å². The third kappa shape index (κ3) is 4.28. The number of aliphatic hydroxyl groups excluding tert-OH is 1. The van der Waals surface area contributed by atoms with Gasteiger partial charge in [0, 0.05) is 21.5 Å². The molecule has 0 radical (unpaired) electrons. The summed E-state index contributed by atoms with van der Waals surface area (Å²) in [7, 11) is 0. The molecule has 0 saturated heterocycles. The first-order valence-corrected chi connectivity index (χ1v) is 9.62. The van der Waals surface area contributed by atoms with Crippen molar-refractivity contribution < 1.29 is 14.7 Å². The number of fused-ring (bicyclic) bond motifs is 1. The summed E-state index contributed by atoms with van der Waals surface area (Å²) in [5.74, 6) is -0.357. The lowest BCUT2D eigenvalue weighted by Gasteiger charge is -2.15. The van der Waals surface area contributed by atoms with Gasteiger partial charge in [0.1, 0.15) is 5.76 Å². The Morgan fingerprint density at radius 2 is 2.00 bits per heavy atom. The SMILES string of the molecule is C=C(ON=C(C)C)c1c(C2=CCC=C(O)C(C(C)=O)=C2)c2cc(Cl)ccc2[nH]c1=O. The van der Waals surface area contributed by atoms with Crippen molar-refractivity contribution in [2.24, 2.45) is 5.16 Å². The Balaban J connectivity index is 2.37. The van der Waals surface area contributed by atoms with E-state index in [9.17, 15) is 14.7 Å². The Bertz CT molecular complexity index is 1240. The van der Waals surface area contributed by atoms with E-state index in [0.29, 0.717) is 39.2 Å². The topological polar surface area (TPSA) is 91.8 Å². The van der Waals surface area contributed by atoms with Crippen molar-refractivity contribution in [2.75, 3.05) is 0 Å². The van der Waals surface area contributed by atoms with Gasteiger partial charge in [-0.25, -0.2) is 0 Å². The summed E-state index contributed by atoms with van der Waals surface area (Å²) in [4.78, 5) is 33.2. The second-order valence-electron chi connectivity index (χ2n) is 7.05.